The molecule has 4 rings (SSSR count). The van der Waals surface area contributed by atoms with Gasteiger partial charge in [0.1, 0.15) is 11.1 Å². The van der Waals surface area contributed by atoms with Crippen molar-refractivity contribution in [2.24, 2.45) is 14.1 Å². The lowest BCUT2D eigenvalue weighted by Gasteiger charge is -1.98. The molecule has 0 aliphatic carbocycles. The van der Waals surface area contributed by atoms with Crippen LogP contribution in [0.25, 0.3) is 22.5 Å². The molecule has 164 valence electrons. The second-order valence-corrected chi connectivity index (χ2v) is 7.30. The Balaban J connectivity index is 0.000000181. The summed E-state index contributed by atoms with van der Waals surface area (Å²) in [5.41, 5.74) is 2.71. The molecule has 0 saturated carbocycles. The van der Waals surface area contributed by atoms with Gasteiger partial charge in [-0.2, -0.15) is 0 Å². The molecule has 4 aromatic rings. The highest BCUT2D eigenvalue weighted by molar-refractivity contribution is 6.00. The smallest absolute Gasteiger partial charge is 0.277 e. The number of aromatic amines is 2. The van der Waals surface area contributed by atoms with Gasteiger partial charge in [-0.15, -0.1) is 0 Å². The number of carbonyl (C=O) groups is 2. The van der Waals surface area contributed by atoms with Gasteiger partial charge in [-0.1, -0.05) is 60.7 Å². The molecule has 0 fully saturated rings. The molecule has 0 radical (unpaired) electrons. The van der Waals surface area contributed by atoms with Crippen molar-refractivity contribution in [3.8, 4) is 22.5 Å². The molecule has 0 saturated heterocycles. The lowest BCUT2D eigenvalue weighted by atomic mass is 10.1. The number of aromatic nitrogens is 4. The summed E-state index contributed by atoms with van der Waals surface area (Å²) in [6, 6.07) is 18.7. The fraction of sp³-hybridized carbons (Fsp3) is 0.167. The van der Waals surface area contributed by atoms with E-state index in [0.717, 1.165) is 11.1 Å². The van der Waals surface area contributed by atoms with Crippen LogP contribution in [0, 0.1) is 0 Å². The van der Waals surface area contributed by atoms with E-state index >= 15 is 0 Å². The molecule has 0 unspecified atom stereocenters. The number of Topliss-reactive ketones (excluding diaryl/α,β-unsaturated/α-hetero) is 2. The van der Waals surface area contributed by atoms with Gasteiger partial charge in [0.2, 0.25) is 0 Å². The first-order valence-corrected chi connectivity index (χ1v) is 9.93. The number of aryl methyl sites for hydroxylation is 2. The first kappa shape index (κ1) is 22.5. The van der Waals surface area contributed by atoms with Crippen molar-refractivity contribution in [1.82, 2.24) is 19.6 Å². The third-order valence-corrected chi connectivity index (χ3v) is 4.93. The number of hydrogen-bond donors (Lipinski definition) is 2. The van der Waals surface area contributed by atoms with Crippen LogP contribution >= 0.6 is 0 Å². The second kappa shape index (κ2) is 9.30. The van der Waals surface area contributed by atoms with Crippen molar-refractivity contribution in [1.29, 1.82) is 0 Å². The van der Waals surface area contributed by atoms with Crippen molar-refractivity contribution in [3.63, 3.8) is 0 Å². The Hall–Kier alpha value is -4.20. The molecular formula is C24H24N4O4. The molecule has 0 amide bonds. The largest absolute Gasteiger partial charge is 0.294 e. The normalized spacial score (nSPS) is 10.4. The summed E-state index contributed by atoms with van der Waals surface area (Å²) in [7, 11) is 3.20. The van der Waals surface area contributed by atoms with Crippen LogP contribution in [0.5, 0.6) is 0 Å². The van der Waals surface area contributed by atoms with Crippen LogP contribution < -0.4 is 11.1 Å². The summed E-state index contributed by atoms with van der Waals surface area (Å²) in [6.45, 7) is 2.80. The minimum absolute atomic E-state index is 0.216. The van der Waals surface area contributed by atoms with Crippen LogP contribution in [-0.4, -0.2) is 31.1 Å². The Morgan fingerprint density at radius 2 is 0.938 bits per heavy atom. The summed E-state index contributed by atoms with van der Waals surface area (Å²) >= 11 is 0. The molecular weight excluding hydrogens is 408 g/mol. The quantitative estimate of drug-likeness (QED) is 0.483. The van der Waals surface area contributed by atoms with E-state index in [1.54, 1.807) is 14.1 Å². The highest BCUT2D eigenvalue weighted by Crippen LogP contribution is 2.20. The fourth-order valence-corrected chi connectivity index (χ4v) is 3.38. The van der Waals surface area contributed by atoms with Gasteiger partial charge in [-0.05, 0) is 13.8 Å². The average Bonchev–Trinajstić information content (AvgIpc) is 3.25. The number of H-pyrrole nitrogens is 2. The van der Waals surface area contributed by atoms with Crippen LogP contribution in [0.1, 0.15) is 34.6 Å². The fourth-order valence-electron chi connectivity index (χ4n) is 3.38. The molecule has 2 aromatic carbocycles. The maximum Gasteiger partial charge on any atom is 0.277 e. The van der Waals surface area contributed by atoms with E-state index in [4.69, 9.17) is 0 Å². The molecule has 0 aliphatic rings. The van der Waals surface area contributed by atoms with Crippen molar-refractivity contribution in [3.05, 3.63) is 92.5 Å². The van der Waals surface area contributed by atoms with E-state index in [-0.39, 0.29) is 33.8 Å². The molecule has 0 atom stereocenters. The molecule has 32 heavy (non-hydrogen) atoms. The molecule has 8 nitrogen and oxygen atoms in total. The first-order valence-electron chi connectivity index (χ1n) is 9.93. The monoisotopic (exact) mass is 432 g/mol. The van der Waals surface area contributed by atoms with E-state index in [2.05, 4.69) is 10.2 Å². The number of hydrogen-bond acceptors (Lipinski definition) is 4. The Morgan fingerprint density at radius 1 is 0.625 bits per heavy atom. The zero-order valence-corrected chi connectivity index (χ0v) is 18.3. The van der Waals surface area contributed by atoms with E-state index in [1.807, 2.05) is 60.7 Å². The number of nitrogens with zero attached hydrogens (tertiary/aromatic N) is 2. The van der Waals surface area contributed by atoms with Gasteiger partial charge in [0.25, 0.3) is 11.1 Å². The minimum atomic E-state index is -0.286. The summed E-state index contributed by atoms with van der Waals surface area (Å²) < 4.78 is 2.64. The van der Waals surface area contributed by atoms with Crippen molar-refractivity contribution < 1.29 is 9.59 Å². The molecule has 2 heterocycles. The van der Waals surface area contributed by atoms with Gasteiger partial charge in [-0.25, -0.2) is 0 Å². The second-order valence-electron chi connectivity index (χ2n) is 7.30. The standard InChI is InChI=1S/2C12H12N2O2/c2*1-8(15)10-11(13-14(2)12(10)16)9-6-4-3-5-7-9/h2*3-7,13H,1-2H3. The third kappa shape index (κ3) is 4.44. The Kier molecular flexibility index (Phi) is 6.53. The van der Waals surface area contributed by atoms with Crippen LogP contribution in [0.4, 0.5) is 0 Å². The molecule has 0 bridgehead atoms. The predicted octanol–water partition coefficient (Wildman–Crippen LogP) is 3.17. The number of rotatable bonds is 4. The molecule has 8 heteroatoms. The topological polar surface area (TPSA) is 110 Å². The van der Waals surface area contributed by atoms with Gasteiger partial charge in [-0.3, -0.25) is 38.7 Å². The van der Waals surface area contributed by atoms with Gasteiger partial charge in [0.05, 0.1) is 11.4 Å². The van der Waals surface area contributed by atoms with Gasteiger partial charge >= 0.3 is 0 Å². The van der Waals surface area contributed by atoms with Crippen molar-refractivity contribution in [2.75, 3.05) is 0 Å². The lowest BCUT2D eigenvalue weighted by molar-refractivity contribution is 0.100. The highest BCUT2D eigenvalue weighted by atomic mass is 16.2. The number of carbonyl (C=O) groups excluding carboxylic acids is 2. The molecule has 0 spiro atoms. The number of nitrogens with one attached hydrogen (secondary N) is 2. The Labute approximate surface area is 184 Å². The summed E-state index contributed by atoms with van der Waals surface area (Å²) in [6.07, 6.45) is 0. The zero-order valence-electron chi connectivity index (χ0n) is 18.3. The average molecular weight is 432 g/mol. The maximum atomic E-state index is 11.7. The van der Waals surface area contributed by atoms with Crippen LogP contribution in [0.15, 0.2) is 70.3 Å². The molecule has 2 N–H and O–H groups in total. The predicted molar refractivity (Wildman–Crippen MR) is 123 cm³/mol. The first-order chi connectivity index (χ1) is 15.2. The summed E-state index contributed by atoms with van der Waals surface area (Å²) in [5, 5.41) is 5.79. The van der Waals surface area contributed by atoms with E-state index in [1.165, 1.54) is 23.2 Å². The number of benzene rings is 2. The minimum Gasteiger partial charge on any atom is -0.294 e. The van der Waals surface area contributed by atoms with E-state index < -0.39 is 0 Å². The summed E-state index contributed by atoms with van der Waals surface area (Å²) in [5.74, 6) is -0.443. The Morgan fingerprint density at radius 3 is 1.22 bits per heavy atom. The van der Waals surface area contributed by atoms with Crippen molar-refractivity contribution >= 4 is 11.6 Å². The van der Waals surface area contributed by atoms with Crippen LogP contribution in [0.3, 0.4) is 0 Å². The molecule has 0 aliphatic heterocycles. The maximum absolute atomic E-state index is 11.7. The lowest BCUT2D eigenvalue weighted by Crippen LogP contribution is -2.17. The zero-order chi connectivity index (χ0) is 23.4. The molecule has 2 aromatic heterocycles. The highest BCUT2D eigenvalue weighted by Gasteiger charge is 2.18. The van der Waals surface area contributed by atoms with E-state index in [9.17, 15) is 19.2 Å². The SMILES string of the molecule is CC(=O)c1c(-c2ccccc2)[nH]n(C)c1=O.CC(=O)c1c(-c2ccccc2)[nH]n(C)c1=O. The van der Waals surface area contributed by atoms with Crippen LogP contribution in [0.2, 0.25) is 0 Å². The third-order valence-electron chi connectivity index (χ3n) is 4.93. The number of ketones is 2. The van der Waals surface area contributed by atoms with Gasteiger partial charge in [0.15, 0.2) is 11.6 Å². The van der Waals surface area contributed by atoms with Gasteiger partial charge in [0, 0.05) is 25.2 Å². The van der Waals surface area contributed by atoms with E-state index in [0.29, 0.717) is 11.4 Å². The van der Waals surface area contributed by atoms with Crippen molar-refractivity contribution in [2.45, 2.75) is 13.8 Å². The Bertz CT molecular complexity index is 1270. The van der Waals surface area contributed by atoms with Gasteiger partial charge < -0.3 is 0 Å². The van der Waals surface area contributed by atoms with Crippen LogP contribution in [-0.2, 0) is 14.1 Å². The summed E-state index contributed by atoms with van der Waals surface area (Å²) in [4.78, 5) is 46.3.